The number of nitrogens with zero attached hydrogens (tertiary/aromatic N) is 5. The number of nitriles is 1. The fourth-order valence-electron chi connectivity index (χ4n) is 6.14. The Morgan fingerprint density at radius 1 is 1.23 bits per heavy atom. The smallest absolute Gasteiger partial charge is 0.227 e. The molecule has 1 unspecified atom stereocenters. The van der Waals surface area contributed by atoms with Gasteiger partial charge in [-0.25, -0.2) is 4.68 Å². The Balaban J connectivity index is 1.79. The third kappa shape index (κ3) is 6.95. The second kappa shape index (κ2) is 13.6. The maximum Gasteiger partial charge on any atom is 0.227 e. The zero-order valence-electron chi connectivity index (χ0n) is 24.0. The molecule has 1 atom stereocenters. The number of carbonyl (C=O) groups excluding carboxylic acids is 1. The standard InChI is InChI=1S/C33H43N5O/c1-5-12-27(26-13-9-10-14-26)20-31(36-24(3)4)29(6-2)30-19-25(21-34)16-17-32(30)38-23-28(22-35-38)37-18-11-7-8-15-33(37)39/h16-17,19-20,22-23,26,29H,3,5-15,18H2,1-2,4H3/b27-20+,36-31?. The molecule has 2 aliphatic rings. The van der Waals surface area contributed by atoms with Crippen molar-refractivity contribution < 1.29 is 4.79 Å². The summed E-state index contributed by atoms with van der Waals surface area (Å²) in [7, 11) is 0. The molecule has 2 aromatic rings. The SMILES string of the molecule is C=C(C)N=C(/C=C(\CCC)C1CCCC1)C(CC)c1cc(C#N)ccc1-n1cc(N2CCCCCC2=O)cn1. The highest BCUT2D eigenvalue weighted by atomic mass is 16.2. The van der Waals surface area contributed by atoms with E-state index < -0.39 is 0 Å². The van der Waals surface area contributed by atoms with Crippen LogP contribution in [0.2, 0.25) is 0 Å². The van der Waals surface area contributed by atoms with Crippen molar-refractivity contribution in [2.24, 2.45) is 10.9 Å². The lowest BCUT2D eigenvalue weighted by Crippen LogP contribution is -2.29. The lowest BCUT2D eigenvalue weighted by Gasteiger charge is -2.23. The molecule has 0 spiro atoms. The molecule has 1 aromatic heterocycles. The van der Waals surface area contributed by atoms with Gasteiger partial charge in [-0.1, -0.05) is 51.7 Å². The fraction of sp³-hybridized carbons (Fsp3) is 0.515. The molecule has 39 heavy (non-hydrogen) atoms. The summed E-state index contributed by atoms with van der Waals surface area (Å²) in [5, 5.41) is 14.5. The number of hydrogen-bond acceptors (Lipinski definition) is 4. The van der Waals surface area contributed by atoms with Crippen molar-refractivity contribution in [3.63, 3.8) is 0 Å². The average molecular weight is 526 g/mol. The van der Waals surface area contributed by atoms with Crippen LogP contribution < -0.4 is 4.90 Å². The molecule has 2 heterocycles. The van der Waals surface area contributed by atoms with Gasteiger partial charge in [0.15, 0.2) is 0 Å². The first-order valence-electron chi connectivity index (χ1n) is 14.8. The number of carbonyl (C=O) groups is 1. The van der Waals surface area contributed by atoms with Crippen molar-refractivity contribution in [1.82, 2.24) is 9.78 Å². The molecular weight excluding hydrogens is 482 g/mol. The van der Waals surface area contributed by atoms with E-state index in [1.165, 1.54) is 31.3 Å². The molecule has 0 bridgehead atoms. The summed E-state index contributed by atoms with van der Waals surface area (Å²) in [4.78, 5) is 19.6. The summed E-state index contributed by atoms with van der Waals surface area (Å²) in [6.07, 6.45) is 17.8. The molecule has 1 saturated carbocycles. The zero-order valence-corrected chi connectivity index (χ0v) is 24.0. The number of hydrogen-bond donors (Lipinski definition) is 0. The van der Waals surface area contributed by atoms with E-state index in [-0.39, 0.29) is 11.8 Å². The molecule has 6 heteroatoms. The molecule has 6 nitrogen and oxygen atoms in total. The number of aliphatic imine (C=N–C) groups is 1. The molecule has 1 aromatic carbocycles. The number of amides is 1. The number of anilines is 1. The van der Waals surface area contributed by atoms with E-state index in [0.29, 0.717) is 17.9 Å². The van der Waals surface area contributed by atoms with E-state index in [0.717, 1.165) is 73.4 Å². The van der Waals surface area contributed by atoms with Crippen LogP contribution in [0.5, 0.6) is 0 Å². The van der Waals surface area contributed by atoms with Crippen LogP contribution in [0.1, 0.15) is 108 Å². The van der Waals surface area contributed by atoms with Crippen molar-refractivity contribution in [3.8, 4) is 11.8 Å². The highest BCUT2D eigenvalue weighted by Crippen LogP contribution is 2.36. The van der Waals surface area contributed by atoms with E-state index in [4.69, 9.17) is 10.1 Å². The van der Waals surface area contributed by atoms with Crippen molar-refractivity contribution in [1.29, 1.82) is 5.26 Å². The van der Waals surface area contributed by atoms with Crippen LogP contribution in [0.25, 0.3) is 5.69 Å². The summed E-state index contributed by atoms with van der Waals surface area (Å²) in [6, 6.07) is 8.13. The van der Waals surface area contributed by atoms with Crippen LogP contribution in [-0.2, 0) is 4.79 Å². The van der Waals surface area contributed by atoms with Gasteiger partial charge in [-0.3, -0.25) is 9.79 Å². The third-order valence-corrected chi connectivity index (χ3v) is 8.07. The van der Waals surface area contributed by atoms with Gasteiger partial charge in [0.25, 0.3) is 0 Å². The van der Waals surface area contributed by atoms with Crippen molar-refractivity contribution in [2.75, 3.05) is 11.4 Å². The fourth-order valence-corrected chi connectivity index (χ4v) is 6.14. The van der Waals surface area contributed by atoms with Gasteiger partial charge in [0.05, 0.1) is 35.4 Å². The van der Waals surface area contributed by atoms with Crippen molar-refractivity contribution in [3.05, 3.63) is 65.6 Å². The van der Waals surface area contributed by atoms with Gasteiger partial charge in [-0.05, 0) is 81.2 Å². The van der Waals surface area contributed by atoms with Gasteiger partial charge in [-0.15, -0.1) is 0 Å². The Hall–Kier alpha value is -3.46. The number of rotatable bonds is 10. The lowest BCUT2D eigenvalue weighted by molar-refractivity contribution is -0.118. The van der Waals surface area contributed by atoms with E-state index >= 15 is 0 Å². The monoisotopic (exact) mass is 525 g/mol. The summed E-state index contributed by atoms with van der Waals surface area (Å²) >= 11 is 0. The highest BCUT2D eigenvalue weighted by Gasteiger charge is 2.25. The predicted molar refractivity (Wildman–Crippen MR) is 159 cm³/mol. The van der Waals surface area contributed by atoms with E-state index in [1.807, 2.05) is 40.9 Å². The minimum Gasteiger partial charge on any atom is -0.309 e. The second-order valence-electron chi connectivity index (χ2n) is 11.1. The molecule has 0 radical (unpaired) electrons. The minimum absolute atomic E-state index is 0.0225. The quantitative estimate of drug-likeness (QED) is 0.295. The summed E-state index contributed by atoms with van der Waals surface area (Å²) in [5.74, 6) is 0.767. The van der Waals surface area contributed by atoms with Gasteiger partial charge in [0, 0.05) is 30.3 Å². The molecule has 4 rings (SSSR count). The van der Waals surface area contributed by atoms with Crippen LogP contribution in [0.4, 0.5) is 5.69 Å². The summed E-state index contributed by atoms with van der Waals surface area (Å²) in [6.45, 7) is 11.2. The number of aromatic nitrogens is 2. The van der Waals surface area contributed by atoms with Gasteiger partial charge in [0.2, 0.25) is 5.91 Å². The van der Waals surface area contributed by atoms with E-state index in [1.54, 1.807) is 6.20 Å². The first-order valence-corrected chi connectivity index (χ1v) is 14.8. The first kappa shape index (κ1) is 28.5. The summed E-state index contributed by atoms with van der Waals surface area (Å²) < 4.78 is 1.86. The van der Waals surface area contributed by atoms with Crippen LogP contribution >= 0.6 is 0 Å². The summed E-state index contributed by atoms with van der Waals surface area (Å²) in [5.41, 5.74) is 6.65. The first-order chi connectivity index (χ1) is 18.9. The normalized spacial score (nSPS) is 18.2. The second-order valence-corrected chi connectivity index (χ2v) is 11.1. The Bertz CT molecular complexity index is 1270. The topological polar surface area (TPSA) is 74.3 Å². The van der Waals surface area contributed by atoms with Crippen LogP contribution in [-0.4, -0.2) is 27.9 Å². The van der Waals surface area contributed by atoms with E-state index in [9.17, 15) is 10.1 Å². The zero-order chi connectivity index (χ0) is 27.8. The predicted octanol–water partition coefficient (Wildman–Crippen LogP) is 8.04. The van der Waals surface area contributed by atoms with Gasteiger partial charge < -0.3 is 4.90 Å². The molecule has 206 valence electrons. The molecule has 2 fully saturated rings. The lowest BCUT2D eigenvalue weighted by atomic mass is 9.85. The molecule has 1 amide bonds. The Morgan fingerprint density at radius 2 is 2.03 bits per heavy atom. The Morgan fingerprint density at radius 3 is 2.72 bits per heavy atom. The maximum absolute atomic E-state index is 12.7. The maximum atomic E-state index is 12.7. The van der Waals surface area contributed by atoms with Crippen LogP contribution in [0, 0.1) is 17.2 Å². The molecule has 1 saturated heterocycles. The minimum atomic E-state index is -0.0225. The third-order valence-electron chi connectivity index (χ3n) is 8.07. The van der Waals surface area contributed by atoms with Crippen molar-refractivity contribution >= 4 is 17.3 Å². The average Bonchev–Trinajstić information content (AvgIpc) is 3.59. The molecule has 1 aliphatic heterocycles. The molecule has 0 N–H and O–H groups in total. The Kier molecular flexibility index (Phi) is 9.92. The number of allylic oxidation sites excluding steroid dienone is 3. The van der Waals surface area contributed by atoms with Gasteiger partial charge in [-0.2, -0.15) is 10.4 Å². The van der Waals surface area contributed by atoms with Crippen LogP contribution in [0.3, 0.4) is 0 Å². The Labute approximate surface area is 234 Å². The molecule has 1 aliphatic carbocycles. The largest absolute Gasteiger partial charge is 0.309 e. The van der Waals surface area contributed by atoms with E-state index in [2.05, 4.69) is 32.6 Å². The van der Waals surface area contributed by atoms with Crippen LogP contribution in [0.15, 0.2) is 59.5 Å². The highest BCUT2D eigenvalue weighted by molar-refractivity contribution is 6.02. The van der Waals surface area contributed by atoms with Crippen molar-refractivity contribution in [2.45, 2.75) is 97.3 Å². The van der Waals surface area contributed by atoms with Gasteiger partial charge >= 0.3 is 0 Å². The number of benzene rings is 1. The van der Waals surface area contributed by atoms with Gasteiger partial charge in [0.1, 0.15) is 0 Å². The molecular formula is C33H43N5O.